The molecule has 0 spiro atoms. The van der Waals surface area contributed by atoms with E-state index >= 15 is 0 Å². The first-order valence-electron chi connectivity index (χ1n) is 6.28. The molecule has 0 aliphatic heterocycles. The average molecular weight is 307 g/mol. The number of benzene rings is 1. The summed E-state index contributed by atoms with van der Waals surface area (Å²) >= 11 is 3.18. The molecule has 0 aliphatic carbocycles. The Kier molecular flexibility index (Phi) is 5.49. The standard InChI is InChI=1S/C15H17NO2S2/c1-11(14-4-3-9-19-14)16-15(17)10-20-13-7-5-12(18-2)6-8-13/h3-9,11H,10H2,1-2H3,(H,16,17). The van der Waals surface area contributed by atoms with Crippen molar-refractivity contribution in [3.8, 4) is 5.75 Å². The maximum Gasteiger partial charge on any atom is 0.230 e. The van der Waals surface area contributed by atoms with Crippen molar-refractivity contribution in [1.82, 2.24) is 5.32 Å². The fraction of sp³-hybridized carbons (Fsp3) is 0.267. The molecule has 1 N–H and O–H groups in total. The Bertz CT molecular complexity index is 538. The van der Waals surface area contributed by atoms with Crippen LogP contribution < -0.4 is 10.1 Å². The van der Waals surface area contributed by atoms with Crippen LogP contribution in [0.2, 0.25) is 0 Å². The Hall–Kier alpha value is -1.46. The molecule has 0 fully saturated rings. The lowest BCUT2D eigenvalue weighted by Gasteiger charge is -2.12. The van der Waals surface area contributed by atoms with Crippen LogP contribution in [0.5, 0.6) is 5.75 Å². The van der Waals surface area contributed by atoms with E-state index in [1.54, 1.807) is 18.4 Å². The van der Waals surface area contributed by atoms with Crippen LogP contribution in [0.25, 0.3) is 0 Å². The molecule has 0 saturated heterocycles. The second kappa shape index (κ2) is 7.36. The van der Waals surface area contributed by atoms with E-state index in [9.17, 15) is 4.79 Å². The lowest BCUT2D eigenvalue weighted by Crippen LogP contribution is -2.27. The molecule has 20 heavy (non-hydrogen) atoms. The molecule has 1 atom stereocenters. The molecular weight excluding hydrogens is 290 g/mol. The van der Waals surface area contributed by atoms with Gasteiger partial charge in [0.05, 0.1) is 18.9 Å². The van der Waals surface area contributed by atoms with Crippen LogP contribution in [0.3, 0.4) is 0 Å². The Labute approximate surface area is 127 Å². The van der Waals surface area contributed by atoms with E-state index in [-0.39, 0.29) is 11.9 Å². The van der Waals surface area contributed by atoms with E-state index in [2.05, 4.69) is 5.32 Å². The number of thiophene rings is 1. The fourth-order valence-corrected chi connectivity index (χ4v) is 3.16. The summed E-state index contributed by atoms with van der Waals surface area (Å²) in [5.74, 6) is 1.29. The fourth-order valence-electron chi connectivity index (χ4n) is 1.71. The van der Waals surface area contributed by atoms with Gasteiger partial charge in [-0.2, -0.15) is 0 Å². The topological polar surface area (TPSA) is 38.3 Å². The summed E-state index contributed by atoms with van der Waals surface area (Å²) in [7, 11) is 1.64. The Morgan fingerprint density at radius 2 is 2.10 bits per heavy atom. The third kappa shape index (κ3) is 4.28. The second-order valence-corrected chi connectivity index (χ2v) is 6.30. The molecule has 1 aromatic carbocycles. The Balaban J connectivity index is 1.79. The lowest BCUT2D eigenvalue weighted by atomic mass is 10.3. The van der Waals surface area contributed by atoms with Crippen molar-refractivity contribution in [3.63, 3.8) is 0 Å². The minimum absolute atomic E-state index is 0.0479. The normalized spacial score (nSPS) is 11.9. The number of thioether (sulfide) groups is 1. The number of ether oxygens (including phenoxy) is 1. The molecule has 0 saturated carbocycles. The highest BCUT2D eigenvalue weighted by atomic mass is 32.2. The van der Waals surface area contributed by atoms with Gasteiger partial charge < -0.3 is 10.1 Å². The van der Waals surface area contributed by atoms with Gasteiger partial charge in [0.2, 0.25) is 5.91 Å². The molecule has 1 amide bonds. The second-order valence-electron chi connectivity index (χ2n) is 4.27. The molecule has 0 aliphatic rings. The van der Waals surface area contributed by atoms with Gasteiger partial charge in [0, 0.05) is 9.77 Å². The first kappa shape index (κ1) is 14.9. The molecule has 3 nitrogen and oxygen atoms in total. The maximum atomic E-state index is 11.9. The summed E-state index contributed by atoms with van der Waals surface area (Å²) in [4.78, 5) is 14.1. The predicted molar refractivity (Wildman–Crippen MR) is 84.6 cm³/mol. The number of carbonyl (C=O) groups excluding carboxylic acids is 1. The van der Waals surface area contributed by atoms with Gasteiger partial charge in [0.1, 0.15) is 5.75 Å². The van der Waals surface area contributed by atoms with Gasteiger partial charge in [0.15, 0.2) is 0 Å². The van der Waals surface area contributed by atoms with E-state index in [0.29, 0.717) is 5.75 Å². The van der Waals surface area contributed by atoms with Crippen LogP contribution in [-0.4, -0.2) is 18.8 Å². The third-order valence-corrected chi connectivity index (χ3v) is 4.84. The van der Waals surface area contributed by atoms with Crippen molar-refractivity contribution >= 4 is 29.0 Å². The molecule has 0 bridgehead atoms. The van der Waals surface area contributed by atoms with Crippen LogP contribution >= 0.6 is 23.1 Å². The van der Waals surface area contributed by atoms with Crippen LogP contribution in [0.4, 0.5) is 0 Å². The summed E-state index contributed by atoms with van der Waals surface area (Å²) < 4.78 is 5.10. The van der Waals surface area contributed by atoms with Gasteiger partial charge >= 0.3 is 0 Å². The largest absolute Gasteiger partial charge is 0.497 e. The van der Waals surface area contributed by atoms with E-state index < -0.39 is 0 Å². The third-order valence-electron chi connectivity index (χ3n) is 2.78. The number of carbonyl (C=O) groups is 1. The number of amides is 1. The highest BCUT2D eigenvalue weighted by Crippen LogP contribution is 2.22. The van der Waals surface area contributed by atoms with Crippen molar-refractivity contribution < 1.29 is 9.53 Å². The number of nitrogens with one attached hydrogen (secondary N) is 1. The molecule has 1 heterocycles. The highest BCUT2D eigenvalue weighted by molar-refractivity contribution is 8.00. The lowest BCUT2D eigenvalue weighted by molar-refractivity contribution is -0.119. The molecular formula is C15H17NO2S2. The van der Waals surface area contributed by atoms with Gasteiger partial charge in [-0.3, -0.25) is 4.79 Å². The van der Waals surface area contributed by atoms with Gasteiger partial charge in [-0.1, -0.05) is 6.07 Å². The van der Waals surface area contributed by atoms with Crippen molar-refractivity contribution in [3.05, 3.63) is 46.7 Å². The summed E-state index contributed by atoms with van der Waals surface area (Å²) in [6.07, 6.45) is 0. The van der Waals surface area contributed by atoms with Crippen molar-refractivity contribution in [2.45, 2.75) is 17.9 Å². The van der Waals surface area contributed by atoms with Crippen LogP contribution in [0.15, 0.2) is 46.7 Å². The van der Waals surface area contributed by atoms with Crippen molar-refractivity contribution in [2.75, 3.05) is 12.9 Å². The molecule has 5 heteroatoms. The zero-order valence-corrected chi connectivity index (χ0v) is 13.1. The number of rotatable bonds is 6. The summed E-state index contributed by atoms with van der Waals surface area (Å²) in [5.41, 5.74) is 0. The molecule has 1 aromatic heterocycles. The molecule has 2 aromatic rings. The Morgan fingerprint density at radius 1 is 1.35 bits per heavy atom. The van der Waals surface area contributed by atoms with Crippen molar-refractivity contribution in [2.24, 2.45) is 0 Å². The highest BCUT2D eigenvalue weighted by Gasteiger charge is 2.10. The van der Waals surface area contributed by atoms with Crippen LogP contribution in [0.1, 0.15) is 17.8 Å². The van der Waals surface area contributed by atoms with E-state index in [4.69, 9.17) is 4.74 Å². The predicted octanol–water partition coefficient (Wildman–Crippen LogP) is 3.73. The number of hydrogen-bond donors (Lipinski definition) is 1. The minimum Gasteiger partial charge on any atom is -0.497 e. The van der Waals surface area contributed by atoms with E-state index in [1.165, 1.54) is 16.6 Å². The molecule has 2 rings (SSSR count). The summed E-state index contributed by atoms with van der Waals surface area (Å²) in [5, 5.41) is 5.02. The quantitative estimate of drug-likeness (QED) is 0.827. The van der Waals surface area contributed by atoms with Gasteiger partial charge in [-0.25, -0.2) is 0 Å². The molecule has 1 unspecified atom stereocenters. The Morgan fingerprint density at radius 3 is 2.70 bits per heavy atom. The monoisotopic (exact) mass is 307 g/mol. The summed E-state index contributed by atoms with van der Waals surface area (Å²) in [6, 6.07) is 11.8. The minimum atomic E-state index is 0.0479. The van der Waals surface area contributed by atoms with Crippen LogP contribution in [0, 0.1) is 0 Å². The number of hydrogen-bond acceptors (Lipinski definition) is 4. The average Bonchev–Trinajstić information content (AvgIpc) is 3.00. The van der Waals surface area contributed by atoms with Crippen molar-refractivity contribution in [1.29, 1.82) is 0 Å². The van der Waals surface area contributed by atoms with E-state index in [1.807, 2.05) is 48.7 Å². The molecule has 106 valence electrons. The van der Waals surface area contributed by atoms with Gasteiger partial charge in [-0.15, -0.1) is 23.1 Å². The SMILES string of the molecule is COc1ccc(SCC(=O)NC(C)c2cccs2)cc1. The molecule has 0 radical (unpaired) electrons. The zero-order chi connectivity index (χ0) is 14.4. The summed E-state index contributed by atoms with van der Waals surface area (Å²) in [6.45, 7) is 2.00. The zero-order valence-electron chi connectivity index (χ0n) is 11.5. The smallest absolute Gasteiger partial charge is 0.230 e. The number of methoxy groups -OCH3 is 1. The first-order valence-corrected chi connectivity index (χ1v) is 8.15. The first-order chi connectivity index (χ1) is 9.69. The van der Waals surface area contributed by atoms with E-state index in [0.717, 1.165) is 10.6 Å². The van der Waals surface area contributed by atoms with Gasteiger partial charge in [0.25, 0.3) is 0 Å². The van der Waals surface area contributed by atoms with Gasteiger partial charge in [-0.05, 0) is 42.6 Å². The maximum absolute atomic E-state index is 11.9. The van der Waals surface area contributed by atoms with Crippen LogP contribution in [-0.2, 0) is 4.79 Å².